The average molecular weight is 397 g/mol. The summed E-state index contributed by atoms with van der Waals surface area (Å²) in [4.78, 5) is 0. The van der Waals surface area contributed by atoms with Crippen LogP contribution in [0.3, 0.4) is 0 Å². The molecule has 0 spiro atoms. The third-order valence-electron chi connectivity index (χ3n) is 6.89. The lowest BCUT2D eigenvalue weighted by Crippen LogP contribution is -2.25. The Morgan fingerprint density at radius 2 is 1.59 bits per heavy atom. The fourth-order valence-electron chi connectivity index (χ4n) is 5.14. The molecule has 4 heteroatoms. The molecule has 1 nitrogen and oxygen atoms in total. The van der Waals surface area contributed by atoms with Gasteiger partial charge in [-0.3, -0.25) is 0 Å². The van der Waals surface area contributed by atoms with Gasteiger partial charge in [0.15, 0.2) is 11.6 Å². The number of allylic oxidation sites excluding steroid dienone is 1. The van der Waals surface area contributed by atoms with Crippen LogP contribution in [-0.4, -0.2) is 7.11 Å². The van der Waals surface area contributed by atoms with Gasteiger partial charge in [-0.15, -0.1) is 0 Å². The highest BCUT2D eigenvalue weighted by Crippen LogP contribution is 2.42. The highest BCUT2D eigenvalue weighted by atomic mass is 35.5. The number of hydrogen-bond acceptors (Lipinski definition) is 1. The third-order valence-corrected chi connectivity index (χ3v) is 7.03. The van der Waals surface area contributed by atoms with Crippen LogP contribution in [0, 0.1) is 35.3 Å². The molecule has 0 atom stereocenters. The first-order valence-corrected chi connectivity index (χ1v) is 10.8. The van der Waals surface area contributed by atoms with E-state index in [1.54, 1.807) is 11.6 Å². The second-order valence-corrected chi connectivity index (χ2v) is 8.62. The van der Waals surface area contributed by atoms with Crippen LogP contribution in [0.1, 0.15) is 63.4 Å². The Morgan fingerprint density at radius 3 is 2.19 bits per heavy atom. The largest absolute Gasteiger partial charge is 0.494 e. The minimum atomic E-state index is -0.863. The molecule has 0 aliphatic heterocycles. The molecule has 0 unspecified atom stereocenters. The molecular formula is C23H31ClF2O. The van der Waals surface area contributed by atoms with Crippen LogP contribution in [0.15, 0.2) is 23.7 Å². The summed E-state index contributed by atoms with van der Waals surface area (Å²) in [7, 11) is 1.36. The summed E-state index contributed by atoms with van der Waals surface area (Å²) in [5, 5.41) is 0. The molecule has 0 N–H and O–H groups in total. The topological polar surface area (TPSA) is 9.23 Å². The quantitative estimate of drug-likeness (QED) is 0.491. The molecule has 2 aliphatic rings. The molecular weight excluding hydrogens is 366 g/mol. The van der Waals surface area contributed by atoms with E-state index >= 15 is 0 Å². The van der Waals surface area contributed by atoms with Gasteiger partial charge in [-0.2, -0.15) is 4.39 Å². The molecule has 0 radical (unpaired) electrons. The molecule has 2 aliphatic carbocycles. The van der Waals surface area contributed by atoms with E-state index in [0.717, 1.165) is 18.3 Å². The zero-order valence-corrected chi connectivity index (χ0v) is 17.0. The number of ether oxygens (including phenoxy) is 1. The van der Waals surface area contributed by atoms with Gasteiger partial charge in [-0.25, -0.2) is 4.39 Å². The summed E-state index contributed by atoms with van der Waals surface area (Å²) in [6.45, 7) is 0. The van der Waals surface area contributed by atoms with Gasteiger partial charge in [0.2, 0.25) is 5.82 Å². The second-order valence-electron chi connectivity index (χ2n) is 8.37. The van der Waals surface area contributed by atoms with Crippen molar-refractivity contribution in [3.8, 4) is 5.75 Å². The van der Waals surface area contributed by atoms with Crippen LogP contribution in [0.4, 0.5) is 8.78 Å². The Kier molecular flexibility index (Phi) is 7.57. The summed E-state index contributed by atoms with van der Waals surface area (Å²) >= 11 is 5.71. The number of methoxy groups -OCH3 is 1. The predicted octanol–water partition coefficient (Wildman–Crippen LogP) is 7.27. The molecule has 2 fully saturated rings. The van der Waals surface area contributed by atoms with Gasteiger partial charge in [0.05, 0.1) is 7.11 Å². The van der Waals surface area contributed by atoms with Gasteiger partial charge >= 0.3 is 0 Å². The molecule has 0 bridgehead atoms. The van der Waals surface area contributed by atoms with E-state index in [4.69, 9.17) is 16.3 Å². The second kappa shape index (κ2) is 9.91. The minimum absolute atomic E-state index is 0.0204. The van der Waals surface area contributed by atoms with Gasteiger partial charge in [-0.1, -0.05) is 36.6 Å². The van der Waals surface area contributed by atoms with Gasteiger partial charge in [0.1, 0.15) is 0 Å². The van der Waals surface area contributed by atoms with Crippen LogP contribution < -0.4 is 4.74 Å². The zero-order valence-electron chi connectivity index (χ0n) is 16.2. The van der Waals surface area contributed by atoms with Gasteiger partial charge in [0.25, 0.3) is 0 Å². The number of benzene rings is 1. The highest BCUT2D eigenvalue weighted by molar-refractivity contribution is 6.25. The summed E-state index contributed by atoms with van der Waals surface area (Å²) < 4.78 is 32.8. The summed E-state index contributed by atoms with van der Waals surface area (Å²) in [6, 6.07) is 3.19. The Labute approximate surface area is 167 Å². The van der Waals surface area contributed by atoms with E-state index in [2.05, 4.69) is 6.08 Å². The SMILES string of the molecule is COc1ccc(CCC2CCC(C3CCC(/C=C/Cl)CC3)CC2)c(F)c1F. The predicted molar refractivity (Wildman–Crippen MR) is 107 cm³/mol. The summed E-state index contributed by atoms with van der Waals surface area (Å²) in [5.74, 6) is 1.42. The third kappa shape index (κ3) is 5.25. The Bertz CT molecular complexity index is 630. The van der Waals surface area contributed by atoms with Crippen molar-refractivity contribution < 1.29 is 13.5 Å². The van der Waals surface area contributed by atoms with Crippen LogP contribution in [0.2, 0.25) is 0 Å². The van der Waals surface area contributed by atoms with E-state index in [1.807, 2.05) is 0 Å². The standard InChI is InChI=1S/C23H31ClF2O/c1-27-21-13-12-20(22(25)23(21)26)11-6-16-2-7-18(8-3-16)19-9-4-17(5-10-19)14-15-24/h12-19H,2-11H2,1H3/b15-14+. The van der Waals surface area contributed by atoms with Crippen molar-refractivity contribution in [2.45, 2.75) is 64.2 Å². The first kappa shape index (κ1) is 20.6. The van der Waals surface area contributed by atoms with Gasteiger partial charge < -0.3 is 4.74 Å². The van der Waals surface area contributed by atoms with E-state index in [1.165, 1.54) is 64.5 Å². The normalized spacial score (nSPS) is 29.2. The lowest BCUT2D eigenvalue weighted by molar-refractivity contribution is 0.152. The first-order chi connectivity index (χ1) is 13.1. The molecule has 0 saturated heterocycles. The van der Waals surface area contributed by atoms with E-state index < -0.39 is 11.6 Å². The number of aryl methyl sites for hydroxylation is 1. The molecule has 3 rings (SSSR count). The van der Waals surface area contributed by atoms with E-state index in [-0.39, 0.29) is 5.75 Å². The molecule has 0 heterocycles. The average Bonchev–Trinajstić information content (AvgIpc) is 2.70. The smallest absolute Gasteiger partial charge is 0.200 e. The van der Waals surface area contributed by atoms with Crippen molar-refractivity contribution in [2.75, 3.05) is 7.11 Å². The maximum atomic E-state index is 14.1. The van der Waals surface area contributed by atoms with Crippen LogP contribution in [0.25, 0.3) is 0 Å². The van der Waals surface area contributed by atoms with Crippen molar-refractivity contribution in [1.29, 1.82) is 0 Å². The van der Waals surface area contributed by atoms with E-state index in [0.29, 0.717) is 23.8 Å². The molecule has 1 aromatic rings. The summed E-state index contributed by atoms with van der Waals surface area (Å²) in [6.07, 6.45) is 14.0. The zero-order chi connectivity index (χ0) is 19.2. The van der Waals surface area contributed by atoms with Crippen LogP contribution in [0.5, 0.6) is 5.75 Å². The number of hydrogen-bond donors (Lipinski definition) is 0. The fourth-order valence-corrected chi connectivity index (χ4v) is 5.35. The molecule has 27 heavy (non-hydrogen) atoms. The Hall–Kier alpha value is -1.09. The van der Waals surface area contributed by atoms with E-state index in [9.17, 15) is 8.78 Å². The first-order valence-electron chi connectivity index (χ1n) is 10.4. The lowest BCUT2D eigenvalue weighted by atomic mass is 9.68. The molecule has 150 valence electrons. The number of rotatable bonds is 6. The van der Waals surface area contributed by atoms with Crippen molar-refractivity contribution in [2.24, 2.45) is 23.7 Å². The minimum Gasteiger partial charge on any atom is -0.494 e. The maximum Gasteiger partial charge on any atom is 0.200 e. The van der Waals surface area contributed by atoms with Crippen molar-refractivity contribution >= 4 is 11.6 Å². The molecule has 0 aromatic heterocycles. The monoisotopic (exact) mass is 396 g/mol. The Morgan fingerprint density at radius 1 is 0.963 bits per heavy atom. The van der Waals surface area contributed by atoms with Crippen molar-refractivity contribution in [1.82, 2.24) is 0 Å². The Balaban J connectivity index is 1.43. The highest BCUT2D eigenvalue weighted by Gasteiger charge is 2.30. The maximum absolute atomic E-state index is 14.1. The molecule has 0 amide bonds. The van der Waals surface area contributed by atoms with Crippen LogP contribution >= 0.6 is 11.6 Å². The molecule has 1 aromatic carbocycles. The summed E-state index contributed by atoms with van der Waals surface area (Å²) in [5.41, 5.74) is 2.15. The lowest BCUT2D eigenvalue weighted by Gasteiger charge is -2.37. The van der Waals surface area contributed by atoms with Gasteiger partial charge in [0, 0.05) is 5.54 Å². The fraction of sp³-hybridized carbons (Fsp3) is 0.652. The van der Waals surface area contributed by atoms with Gasteiger partial charge in [-0.05, 0) is 86.7 Å². The van der Waals surface area contributed by atoms with Crippen molar-refractivity contribution in [3.05, 3.63) is 40.9 Å². The van der Waals surface area contributed by atoms with Crippen LogP contribution in [-0.2, 0) is 6.42 Å². The number of halogens is 3. The molecule has 2 saturated carbocycles. The van der Waals surface area contributed by atoms with Crippen molar-refractivity contribution in [3.63, 3.8) is 0 Å².